The highest BCUT2D eigenvalue weighted by Gasteiger charge is 2.32. The van der Waals surface area contributed by atoms with Gasteiger partial charge in [-0.05, 0) is 43.7 Å². The number of amides is 1. The van der Waals surface area contributed by atoms with Gasteiger partial charge in [0.15, 0.2) is 0 Å². The molecule has 0 unspecified atom stereocenters. The molecule has 0 radical (unpaired) electrons. The number of hydrogen-bond donors (Lipinski definition) is 0. The Labute approximate surface area is 144 Å². The van der Waals surface area contributed by atoms with Crippen LogP contribution in [0.2, 0.25) is 0 Å². The summed E-state index contributed by atoms with van der Waals surface area (Å²) in [6.45, 7) is 4.87. The SMILES string of the molecule is COc1ccc(OCCN(C)C(=O)C(C)(C)c2ccccc2)cc1. The fraction of sp³-hybridized carbons (Fsp3) is 0.350. The van der Waals surface area contributed by atoms with Gasteiger partial charge in [0, 0.05) is 7.05 Å². The minimum Gasteiger partial charge on any atom is -0.497 e. The predicted molar refractivity (Wildman–Crippen MR) is 95.6 cm³/mol. The van der Waals surface area contributed by atoms with E-state index in [2.05, 4.69) is 0 Å². The summed E-state index contributed by atoms with van der Waals surface area (Å²) in [4.78, 5) is 14.5. The largest absolute Gasteiger partial charge is 0.497 e. The summed E-state index contributed by atoms with van der Waals surface area (Å²) in [5.74, 6) is 1.63. The summed E-state index contributed by atoms with van der Waals surface area (Å²) in [6, 6.07) is 17.2. The van der Waals surface area contributed by atoms with E-state index in [4.69, 9.17) is 9.47 Å². The first-order valence-corrected chi connectivity index (χ1v) is 8.03. The van der Waals surface area contributed by atoms with E-state index in [0.29, 0.717) is 13.2 Å². The zero-order chi connectivity index (χ0) is 17.6. The number of carbonyl (C=O) groups excluding carboxylic acids is 1. The minimum atomic E-state index is -0.559. The fourth-order valence-corrected chi connectivity index (χ4v) is 2.53. The van der Waals surface area contributed by atoms with E-state index in [9.17, 15) is 4.79 Å². The molecular formula is C20H25NO3. The smallest absolute Gasteiger partial charge is 0.232 e. The summed E-state index contributed by atoms with van der Waals surface area (Å²) >= 11 is 0. The van der Waals surface area contributed by atoms with E-state index in [1.165, 1.54) is 0 Å². The summed E-state index contributed by atoms with van der Waals surface area (Å²) in [7, 11) is 3.44. The molecule has 0 atom stereocenters. The van der Waals surface area contributed by atoms with Gasteiger partial charge in [0.25, 0.3) is 0 Å². The zero-order valence-electron chi connectivity index (χ0n) is 14.8. The molecule has 4 heteroatoms. The van der Waals surface area contributed by atoms with Gasteiger partial charge in [0.2, 0.25) is 5.91 Å². The molecule has 0 heterocycles. The fourth-order valence-electron chi connectivity index (χ4n) is 2.53. The third-order valence-electron chi connectivity index (χ3n) is 4.13. The maximum absolute atomic E-state index is 12.7. The summed E-state index contributed by atoms with van der Waals surface area (Å²) in [5, 5.41) is 0. The Morgan fingerprint density at radius 2 is 1.58 bits per heavy atom. The molecule has 0 saturated heterocycles. The number of carbonyl (C=O) groups is 1. The van der Waals surface area contributed by atoms with E-state index in [1.54, 1.807) is 12.0 Å². The number of methoxy groups -OCH3 is 1. The second-order valence-corrected chi connectivity index (χ2v) is 6.24. The third kappa shape index (κ3) is 4.28. The lowest BCUT2D eigenvalue weighted by atomic mass is 9.83. The Morgan fingerprint density at radius 3 is 2.17 bits per heavy atom. The Kier molecular flexibility index (Phi) is 5.85. The number of nitrogens with zero attached hydrogens (tertiary/aromatic N) is 1. The lowest BCUT2D eigenvalue weighted by molar-refractivity contribution is -0.135. The zero-order valence-corrected chi connectivity index (χ0v) is 14.8. The highest BCUT2D eigenvalue weighted by atomic mass is 16.5. The molecule has 0 aliphatic heterocycles. The van der Waals surface area contributed by atoms with Crippen molar-refractivity contribution in [1.82, 2.24) is 4.90 Å². The Morgan fingerprint density at radius 1 is 1.00 bits per heavy atom. The summed E-state index contributed by atoms with van der Waals surface area (Å²) in [6.07, 6.45) is 0. The number of rotatable bonds is 7. The average molecular weight is 327 g/mol. The lowest BCUT2D eigenvalue weighted by Crippen LogP contribution is -2.42. The van der Waals surface area contributed by atoms with Crippen LogP contribution in [-0.2, 0) is 10.2 Å². The van der Waals surface area contributed by atoms with E-state index >= 15 is 0 Å². The summed E-state index contributed by atoms with van der Waals surface area (Å²) in [5.41, 5.74) is 0.453. The van der Waals surface area contributed by atoms with Crippen molar-refractivity contribution in [2.24, 2.45) is 0 Å². The van der Waals surface area contributed by atoms with Crippen molar-refractivity contribution in [2.75, 3.05) is 27.3 Å². The molecule has 0 aromatic heterocycles. The van der Waals surface area contributed by atoms with Crippen molar-refractivity contribution in [3.8, 4) is 11.5 Å². The van der Waals surface area contributed by atoms with Gasteiger partial charge in [0.1, 0.15) is 18.1 Å². The molecule has 0 bridgehead atoms. The molecule has 4 nitrogen and oxygen atoms in total. The van der Waals surface area contributed by atoms with Gasteiger partial charge >= 0.3 is 0 Å². The molecule has 0 aliphatic rings. The van der Waals surface area contributed by atoms with Crippen molar-refractivity contribution < 1.29 is 14.3 Å². The number of ether oxygens (including phenoxy) is 2. The average Bonchev–Trinajstić information content (AvgIpc) is 2.62. The van der Waals surface area contributed by atoms with Gasteiger partial charge in [0.05, 0.1) is 19.1 Å². The van der Waals surface area contributed by atoms with Crippen molar-refractivity contribution in [3.05, 3.63) is 60.2 Å². The van der Waals surface area contributed by atoms with Gasteiger partial charge in [-0.2, -0.15) is 0 Å². The first-order chi connectivity index (χ1) is 11.4. The van der Waals surface area contributed by atoms with Crippen LogP contribution in [0, 0.1) is 0 Å². The number of benzene rings is 2. The van der Waals surface area contributed by atoms with Gasteiger partial charge in [-0.15, -0.1) is 0 Å². The maximum atomic E-state index is 12.7. The van der Waals surface area contributed by atoms with E-state index < -0.39 is 5.41 Å². The first-order valence-electron chi connectivity index (χ1n) is 8.03. The number of likely N-dealkylation sites (N-methyl/N-ethyl adjacent to an activating group) is 1. The molecule has 0 fully saturated rings. The Balaban J connectivity index is 1.89. The normalized spacial score (nSPS) is 11.0. The van der Waals surface area contributed by atoms with Crippen molar-refractivity contribution in [2.45, 2.75) is 19.3 Å². The highest BCUT2D eigenvalue weighted by Crippen LogP contribution is 2.25. The molecule has 1 amide bonds. The first kappa shape index (κ1) is 17.9. The minimum absolute atomic E-state index is 0.0760. The lowest BCUT2D eigenvalue weighted by Gasteiger charge is -2.29. The maximum Gasteiger partial charge on any atom is 0.232 e. The molecule has 128 valence electrons. The number of hydrogen-bond acceptors (Lipinski definition) is 3. The van der Waals surface area contributed by atoms with Crippen LogP contribution in [0.4, 0.5) is 0 Å². The molecular weight excluding hydrogens is 302 g/mol. The van der Waals surface area contributed by atoms with Crippen LogP contribution in [0.3, 0.4) is 0 Å². The standard InChI is InChI=1S/C20H25NO3/c1-20(2,16-8-6-5-7-9-16)19(22)21(3)14-15-24-18-12-10-17(23-4)11-13-18/h5-13H,14-15H2,1-4H3. The predicted octanol–water partition coefficient (Wildman–Crippen LogP) is 3.51. The molecule has 2 aromatic carbocycles. The van der Waals surface area contributed by atoms with Gasteiger partial charge in [-0.25, -0.2) is 0 Å². The molecule has 24 heavy (non-hydrogen) atoms. The van der Waals surface area contributed by atoms with Crippen LogP contribution in [0.25, 0.3) is 0 Å². The quantitative estimate of drug-likeness (QED) is 0.781. The third-order valence-corrected chi connectivity index (χ3v) is 4.13. The van der Waals surface area contributed by atoms with Crippen molar-refractivity contribution in [3.63, 3.8) is 0 Å². The molecule has 0 N–H and O–H groups in total. The van der Waals surface area contributed by atoms with Crippen LogP contribution in [0.15, 0.2) is 54.6 Å². The second-order valence-electron chi connectivity index (χ2n) is 6.24. The van der Waals surface area contributed by atoms with Crippen LogP contribution >= 0.6 is 0 Å². The molecule has 0 saturated carbocycles. The second kappa shape index (κ2) is 7.86. The Hall–Kier alpha value is -2.49. The highest BCUT2D eigenvalue weighted by molar-refractivity contribution is 5.87. The molecule has 0 aliphatic carbocycles. The van der Waals surface area contributed by atoms with Gasteiger partial charge in [-0.3, -0.25) is 4.79 Å². The van der Waals surface area contributed by atoms with E-state index in [-0.39, 0.29) is 5.91 Å². The van der Waals surface area contributed by atoms with E-state index in [1.807, 2.05) is 75.5 Å². The Bertz CT molecular complexity index is 650. The van der Waals surface area contributed by atoms with Gasteiger partial charge < -0.3 is 14.4 Å². The molecule has 2 aromatic rings. The molecule has 0 spiro atoms. The van der Waals surface area contributed by atoms with Crippen LogP contribution in [-0.4, -0.2) is 38.1 Å². The van der Waals surface area contributed by atoms with Crippen molar-refractivity contribution >= 4 is 5.91 Å². The topological polar surface area (TPSA) is 38.8 Å². The van der Waals surface area contributed by atoms with Crippen LogP contribution in [0.1, 0.15) is 19.4 Å². The van der Waals surface area contributed by atoms with Crippen molar-refractivity contribution in [1.29, 1.82) is 0 Å². The van der Waals surface area contributed by atoms with Gasteiger partial charge in [-0.1, -0.05) is 30.3 Å². The monoisotopic (exact) mass is 327 g/mol. The summed E-state index contributed by atoms with van der Waals surface area (Å²) < 4.78 is 10.8. The molecule has 2 rings (SSSR count). The van der Waals surface area contributed by atoms with Crippen LogP contribution in [0.5, 0.6) is 11.5 Å². The van der Waals surface area contributed by atoms with E-state index in [0.717, 1.165) is 17.1 Å². The van der Waals surface area contributed by atoms with Crippen LogP contribution < -0.4 is 9.47 Å².